The second-order valence-electron chi connectivity index (χ2n) is 5.97. The van der Waals surface area contributed by atoms with E-state index in [1.54, 1.807) is 12.4 Å². The maximum absolute atomic E-state index is 4.40. The molecule has 4 rings (SSSR count). The van der Waals surface area contributed by atoms with Gasteiger partial charge in [0.1, 0.15) is 5.82 Å². The highest BCUT2D eigenvalue weighted by atomic mass is 15.3. The Bertz CT molecular complexity index is 774. The summed E-state index contributed by atoms with van der Waals surface area (Å²) < 4.78 is 0. The average molecular weight is 304 g/mol. The van der Waals surface area contributed by atoms with Crippen LogP contribution in [0.25, 0.3) is 10.8 Å². The Hall–Kier alpha value is -2.46. The minimum absolute atomic E-state index is 0.984. The van der Waals surface area contributed by atoms with E-state index in [0.717, 1.165) is 38.5 Å². The number of anilines is 1. The van der Waals surface area contributed by atoms with Gasteiger partial charge in [-0.1, -0.05) is 42.5 Å². The lowest BCUT2D eigenvalue weighted by molar-refractivity contribution is 0.250. The van der Waals surface area contributed by atoms with E-state index < -0.39 is 0 Å². The molecule has 0 spiro atoms. The maximum Gasteiger partial charge on any atom is 0.147 e. The lowest BCUT2D eigenvalue weighted by atomic mass is 10.0. The highest BCUT2D eigenvalue weighted by Crippen LogP contribution is 2.21. The minimum Gasteiger partial charge on any atom is -0.353 e. The van der Waals surface area contributed by atoms with Crippen molar-refractivity contribution < 1.29 is 0 Å². The monoisotopic (exact) mass is 304 g/mol. The van der Waals surface area contributed by atoms with Crippen LogP contribution in [-0.2, 0) is 6.54 Å². The zero-order valence-electron chi connectivity index (χ0n) is 13.1. The fourth-order valence-electron chi connectivity index (χ4n) is 3.26. The van der Waals surface area contributed by atoms with E-state index in [9.17, 15) is 0 Å². The molecule has 0 aliphatic carbocycles. The molecule has 1 fully saturated rings. The fraction of sp³-hybridized carbons (Fsp3) is 0.263. The quantitative estimate of drug-likeness (QED) is 0.745. The zero-order valence-corrected chi connectivity index (χ0v) is 13.1. The topological polar surface area (TPSA) is 32.3 Å². The summed E-state index contributed by atoms with van der Waals surface area (Å²) >= 11 is 0. The third-order valence-corrected chi connectivity index (χ3v) is 4.52. The van der Waals surface area contributed by atoms with Gasteiger partial charge in [-0.05, 0) is 16.3 Å². The molecular weight excluding hydrogens is 284 g/mol. The summed E-state index contributed by atoms with van der Waals surface area (Å²) in [4.78, 5) is 13.4. The first-order valence-corrected chi connectivity index (χ1v) is 8.10. The van der Waals surface area contributed by atoms with Gasteiger partial charge in [-0.25, -0.2) is 4.98 Å². The van der Waals surface area contributed by atoms with Crippen molar-refractivity contribution in [3.8, 4) is 0 Å². The molecule has 1 aliphatic rings. The Morgan fingerprint density at radius 2 is 1.70 bits per heavy atom. The van der Waals surface area contributed by atoms with Crippen LogP contribution in [0.15, 0.2) is 61.1 Å². The zero-order chi connectivity index (χ0) is 15.5. The van der Waals surface area contributed by atoms with Crippen LogP contribution in [0.1, 0.15) is 5.56 Å². The third-order valence-electron chi connectivity index (χ3n) is 4.52. The van der Waals surface area contributed by atoms with Crippen molar-refractivity contribution in [2.75, 3.05) is 31.1 Å². The van der Waals surface area contributed by atoms with Gasteiger partial charge in [-0.2, -0.15) is 0 Å². The summed E-state index contributed by atoms with van der Waals surface area (Å²) in [6.07, 6.45) is 5.33. The second-order valence-corrected chi connectivity index (χ2v) is 5.97. The van der Waals surface area contributed by atoms with Crippen LogP contribution in [-0.4, -0.2) is 41.0 Å². The highest BCUT2D eigenvalue weighted by Gasteiger charge is 2.18. The second kappa shape index (κ2) is 6.34. The molecule has 116 valence electrons. The molecule has 3 aromatic rings. The molecule has 4 nitrogen and oxygen atoms in total. The van der Waals surface area contributed by atoms with Crippen molar-refractivity contribution in [2.24, 2.45) is 0 Å². The Kier molecular flexibility index (Phi) is 3.90. The summed E-state index contributed by atoms with van der Waals surface area (Å²) in [5, 5.41) is 2.69. The van der Waals surface area contributed by atoms with Crippen molar-refractivity contribution in [1.82, 2.24) is 14.9 Å². The molecule has 2 aromatic carbocycles. The molecule has 0 unspecified atom stereocenters. The Morgan fingerprint density at radius 1 is 0.870 bits per heavy atom. The molecule has 23 heavy (non-hydrogen) atoms. The van der Waals surface area contributed by atoms with Crippen molar-refractivity contribution in [2.45, 2.75) is 6.54 Å². The largest absolute Gasteiger partial charge is 0.353 e. The molecule has 0 bridgehead atoms. The predicted molar refractivity (Wildman–Crippen MR) is 93.5 cm³/mol. The van der Waals surface area contributed by atoms with Gasteiger partial charge in [-0.15, -0.1) is 0 Å². The first kappa shape index (κ1) is 14.2. The minimum atomic E-state index is 0.984. The fourth-order valence-corrected chi connectivity index (χ4v) is 3.26. The molecule has 0 atom stereocenters. The molecule has 1 saturated heterocycles. The molecule has 1 aromatic heterocycles. The van der Waals surface area contributed by atoms with Gasteiger partial charge in [0.05, 0.1) is 6.20 Å². The lowest BCUT2D eigenvalue weighted by Gasteiger charge is -2.35. The van der Waals surface area contributed by atoms with Gasteiger partial charge < -0.3 is 4.90 Å². The molecule has 1 aliphatic heterocycles. The summed E-state index contributed by atoms with van der Waals surface area (Å²) in [5.41, 5.74) is 1.41. The number of nitrogens with zero attached hydrogens (tertiary/aromatic N) is 4. The van der Waals surface area contributed by atoms with Gasteiger partial charge in [0, 0.05) is 45.1 Å². The van der Waals surface area contributed by atoms with Crippen LogP contribution in [0.2, 0.25) is 0 Å². The van der Waals surface area contributed by atoms with Gasteiger partial charge in [0.15, 0.2) is 0 Å². The molecule has 2 heterocycles. The average Bonchev–Trinajstić information content (AvgIpc) is 2.63. The van der Waals surface area contributed by atoms with Crippen LogP contribution >= 0.6 is 0 Å². The van der Waals surface area contributed by atoms with Crippen LogP contribution in [0.5, 0.6) is 0 Å². The van der Waals surface area contributed by atoms with Crippen LogP contribution < -0.4 is 4.90 Å². The van der Waals surface area contributed by atoms with Gasteiger partial charge in [0.25, 0.3) is 0 Å². The summed E-state index contributed by atoms with van der Waals surface area (Å²) in [7, 11) is 0. The predicted octanol–water partition coefficient (Wildman–Crippen LogP) is 2.95. The SMILES string of the molecule is c1ccc2c(CN3CCN(c4cnccn4)CC3)cccc2c1. The molecule has 0 radical (unpaired) electrons. The molecule has 0 saturated carbocycles. The van der Waals surface area contributed by atoms with Crippen LogP contribution in [0.3, 0.4) is 0 Å². The number of aromatic nitrogens is 2. The Labute approximate surface area is 136 Å². The van der Waals surface area contributed by atoms with E-state index in [0.29, 0.717) is 0 Å². The number of benzene rings is 2. The number of rotatable bonds is 3. The van der Waals surface area contributed by atoms with Gasteiger partial charge in [0.2, 0.25) is 0 Å². The normalized spacial score (nSPS) is 15.9. The van der Waals surface area contributed by atoms with E-state index >= 15 is 0 Å². The van der Waals surface area contributed by atoms with Crippen molar-refractivity contribution in [3.05, 3.63) is 66.6 Å². The number of hydrogen-bond donors (Lipinski definition) is 0. The maximum atomic E-state index is 4.40. The smallest absolute Gasteiger partial charge is 0.147 e. The van der Waals surface area contributed by atoms with Gasteiger partial charge in [-0.3, -0.25) is 9.88 Å². The highest BCUT2D eigenvalue weighted by molar-refractivity contribution is 5.85. The molecule has 0 N–H and O–H groups in total. The molecule has 4 heteroatoms. The van der Waals surface area contributed by atoms with E-state index in [1.807, 2.05) is 6.20 Å². The van der Waals surface area contributed by atoms with E-state index in [2.05, 4.69) is 62.2 Å². The number of fused-ring (bicyclic) bond motifs is 1. The summed E-state index contributed by atoms with van der Waals surface area (Å²) in [6, 6.07) is 15.2. The molecule has 0 amide bonds. The standard InChI is InChI=1S/C19H20N4/c1-2-7-18-16(4-1)5-3-6-17(18)15-22-10-12-23(13-11-22)19-14-20-8-9-21-19/h1-9,14H,10-13,15H2. The van der Waals surface area contributed by atoms with E-state index in [4.69, 9.17) is 0 Å². The number of hydrogen-bond acceptors (Lipinski definition) is 4. The Morgan fingerprint density at radius 3 is 2.52 bits per heavy atom. The number of piperazine rings is 1. The first-order valence-electron chi connectivity index (χ1n) is 8.10. The van der Waals surface area contributed by atoms with E-state index in [1.165, 1.54) is 16.3 Å². The third kappa shape index (κ3) is 3.03. The van der Waals surface area contributed by atoms with Crippen molar-refractivity contribution in [3.63, 3.8) is 0 Å². The lowest BCUT2D eigenvalue weighted by Crippen LogP contribution is -2.46. The van der Waals surface area contributed by atoms with Crippen molar-refractivity contribution >= 4 is 16.6 Å². The van der Waals surface area contributed by atoms with Crippen LogP contribution in [0, 0.1) is 0 Å². The van der Waals surface area contributed by atoms with Crippen LogP contribution in [0.4, 0.5) is 5.82 Å². The van der Waals surface area contributed by atoms with Crippen molar-refractivity contribution in [1.29, 1.82) is 0 Å². The Balaban J connectivity index is 1.45. The van der Waals surface area contributed by atoms with Gasteiger partial charge >= 0.3 is 0 Å². The first-order chi connectivity index (χ1) is 11.4. The summed E-state index contributed by atoms with van der Waals surface area (Å²) in [5.74, 6) is 0.984. The summed E-state index contributed by atoms with van der Waals surface area (Å²) in [6.45, 7) is 5.13. The van der Waals surface area contributed by atoms with E-state index in [-0.39, 0.29) is 0 Å². The molecular formula is C19H20N4.